The third-order valence-electron chi connectivity index (χ3n) is 3.91. The highest BCUT2D eigenvalue weighted by atomic mass is 14.3. The number of aryl methyl sites for hydroxylation is 1. The van der Waals surface area contributed by atoms with Crippen LogP contribution in [0.4, 0.5) is 0 Å². The van der Waals surface area contributed by atoms with Crippen LogP contribution in [0.15, 0.2) is 60.7 Å². The van der Waals surface area contributed by atoms with E-state index in [2.05, 4.69) is 60.7 Å². The van der Waals surface area contributed by atoms with Gasteiger partial charge in [-0.3, -0.25) is 0 Å². The van der Waals surface area contributed by atoms with Crippen molar-refractivity contribution in [2.24, 2.45) is 0 Å². The first kappa shape index (κ1) is 9.90. The second-order valence-electron chi connectivity index (χ2n) is 4.93. The van der Waals surface area contributed by atoms with Crippen molar-refractivity contribution >= 4 is 5.57 Å². The van der Waals surface area contributed by atoms with Crippen LogP contribution < -0.4 is 0 Å². The fraction of sp³-hybridized carbons (Fsp3) is 0.111. The van der Waals surface area contributed by atoms with Gasteiger partial charge in [0.25, 0.3) is 0 Å². The van der Waals surface area contributed by atoms with E-state index >= 15 is 0 Å². The van der Waals surface area contributed by atoms with Gasteiger partial charge in [0.1, 0.15) is 0 Å². The predicted octanol–water partition coefficient (Wildman–Crippen LogP) is 4.60. The van der Waals surface area contributed by atoms with Gasteiger partial charge in [-0.2, -0.15) is 0 Å². The van der Waals surface area contributed by atoms with Crippen LogP contribution in [-0.2, 0) is 6.42 Å². The molecule has 0 fully saturated rings. The Hall–Kier alpha value is -2.08. The first-order chi connectivity index (χ1) is 8.95. The standard InChI is InChI=1S/C18H14/c1-2-7-13-8-6-12-17-15-10-5-4-9-14(15)16(11-3-1)18(13)17/h1,3-6,8-12H,2,7H2. The SMILES string of the molecule is C1=CCCc2cccc3c2C(=C1)c1ccccc1-3. The van der Waals surface area contributed by atoms with Crippen molar-refractivity contribution in [3.63, 3.8) is 0 Å². The zero-order chi connectivity index (χ0) is 11.9. The summed E-state index contributed by atoms with van der Waals surface area (Å²) in [7, 11) is 0. The molecule has 0 aromatic heterocycles. The van der Waals surface area contributed by atoms with Gasteiger partial charge in [-0.15, -0.1) is 0 Å². The molecule has 0 spiro atoms. The molecule has 0 radical (unpaired) electrons. The Balaban J connectivity index is 2.13. The largest absolute Gasteiger partial charge is 0.0842 e. The molecule has 2 aliphatic carbocycles. The maximum Gasteiger partial charge on any atom is -0.00667 e. The van der Waals surface area contributed by atoms with Gasteiger partial charge < -0.3 is 0 Å². The summed E-state index contributed by atoms with van der Waals surface area (Å²) in [6.07, 6.45) is 9.02. The summed E-state index contributed by atoms with van der Waals surface area (Å²) in [4.78, 5) is 0. The van der Waals surface area contributed by atoms with Crippen molar-refractivity contribution in [2.75, 3.05) is 0 Å². The normalized spacial score (nSPS) is 15.4. The fourth-order valence-electron chi connectivity index (χ4n) is 3.11. The van der Waals surface area contributed by atoms with Crippen LogP contribution in [0.2, 0.25) is 0 Å². The second-order valence-corrected chi connectivity index (χ2v) is 4.93. The number of hydrogen-bond donors (Lipinski definition) is 0. The first-order valence-corrected chi connectivity index (χ1v) is 6.54. The van der Waals surface area contributed by atoms with Gasteiger partial charge in [0, 0.05) is 0 Å². The molecule has 0 heterocycles. The van der Waals surface area contributed by atoms with E-state index in [-0.39, 0.29) is 0 Å². The highest BCUT2D eigenvalue weighted by molar-refractivity contribution is 6.02. The summed E-state index contributed by atoms with van der Waals surface area (Å²) in [5.74, 6) is 0. The zero-order valence-electron chi connectivity index (χ0n) is 10.2. The molecule has 0 N–H and O–H groups in total. The van der Waals surface area contributed by atoms with Crippen LogP contribution >= 0.6 is 0 Å². The molecule has 0 heteroatoms. The molecule has 0 bridgehead atoms. The van der Waals surface area contributed by atoms with Crippen LogP contribution in [0.5, 0.6) is 0 Å². The summed E-state index contributed by atoms with van der Waals surface area (Å²) in [6, 6.07) is 15.5. The minimum absolute atomic E-state index is 1.14. The summed E-state index contributed by atoms with van der Waals surface area (Å²) >= 11 is 0. The van der Waals surface area contributed by atoms with E-state index in [9.17, 15) is 0 Å². The van der Waals surface area contributed by atoms with E-state index in [1.165, 1.54) is 33.4 Å². The molecule has 0 atom stereocenters. The molecule has 4 rings (SSSR count). The van der Waals surface area contributed by atoms with Gasteiger partial charge in [-0.25, -0.2) is 0 Å². The van der Waals surface area contributed by atoms with Crippen LogP contribution in [0.25, 0.3) is 16.7 Å². The molecule has 0 amide bonds. The lowest BCUT2D eigenvalue weighted by Crippen LogP contribution is -1.93. The van der Waals surface area contributed by atoms with Crippen molar-refractivity contribution in [3.8, 4) is 11.1 Å². The summed E-state index contributed by atoms with van der Waals surface area (Å²) in [5.41, 5.74) is 8.52. The van der Waals surface area contributed by atoms with Crippen LogP contribution in [-0.4, -0.2) is 0 Å². The van der Waals surface area contributed by atoms with Gasteiger partial charge in [-0.05, 0) is 46.2 Å². The third kappa shape index (κ3) is 1.26. The van der Waals surface area contributed by atoms with Gasteiger partial charge >= 0.3 is 0 Å². The van der Waals surface area contributed by atoms with E-state index < -0.39 is 0 Å². The molecule has 2 aromatic carbocycles. The van der Waals surface area contributed by atoms with Gasteiger partial charge in [0.15, 0.2) is 0 Å². The molecule has 0 nitrogen and oxygen atoms in total. The average molecular weight is 230 g/mol. The number of allylic oxidation sites excluding steroid dienone is 3. The number of rotatable bonds is 0. The highest BCUT2D eigenvalue weighted by Crippen LogP contribution is 2.46. The van der Waals surface area contributed by atoms with E-state index in [0.717, 1.165) is 12.8 Å². The van der Waals surface area contributed by atoms with Crippen molar-refractivity contribution in [1.29, 1.82) is 0 Å². The Bertz CT molecular complexity index is 687. The van der Waals surface area contributed by atoms with Crippen LogP contribution in [0.1, 0.15) is 23.1 Å². The Morgan fingerprint density at radius 3 is 2.56 bits per heavy atom. The Kier molecular flexibility index (Phi) is 2.04. The third-order valence-corrected chi connectivity index (χ3v) is 3.91. The van der Waals surface area contributed by atoms with Gasteiger partial charge in [0.2, 0.25) is 0 Å². The quantitative estimate of drug-likeness (QED) is 0.529. The predicted molar refractivity (Wildman–Crippen MR) is 76.4 cm³/mol. The smallest absolute Gasteiger partial charge is 0.00667 e. The summed E-state index contributed by atoms with van der Waals surface area (Å²) in [6.45, 7) is 0. The fourth-order valence-corrected chi connectivity index (χ4v) is 3.11. The topological polar surface area (TPSA) is 0 Å². The minimum atomic E-state index is 1.14. The summed E-state index contributed by atoms with van der Waals surface area (Å²) < 4.78 is 0. The van der Waals surface area contributed by atoms with Gasteiger partial charge in [-0.1, -0.05) is 60.7 Å². The molecule has 2 aromatic rings. The lowest BCUT2D eigenvalue weighted by molar-refractivity contribution is 0.995. The number of fused-ring (bicyclic) bond motifs is 3. The molecule has 18 heavy (non-hydrogen) atoms. The number of benzene rings is 2. The zero-order valence-corrected chi connectivity index (χ0v) is 10.2. The highest BCUT2D eigenvalue weighted by Gasteiger charge is 2.24. The second kappa shape index (κ2) is 3.71. The molecule has 86 valence electrons. The van der Waals surface area contributed by atoms with Crippen molar-refractivity contribution in [2.45, 2.75) is 12.8 Å². The molecular formula is C18H14. The van der Waals surface area contributed by atoms with Crippen molar-refractivity contribution < 1.29 is 0 Å². The van der Waals surface area contributed by atoms with E-state index in [1.807, 2.05) is 0 Å². The first-order valence-electron chi connectivity index (χ1n) is 6.54. The van der Waals surface area contributed by atoms with Crippen LogP contribution in [0, 0.1) is 0 Å². The minimum Gasteiger partial charge on any atom is -0.0842 e. The Labute approximate surface area is 107 Å². The van der Waals surface area contributed by atoms with E-state index in [0.29, 0.717) is 0 Å². The molecule has 2 aliphatic rings. The Morgan fingerprint density at radius 1 is 0.778 bits per heavy atom. The van der Waals surface area contributed by atoms with E-state index in [4.69, 9.17) is 0 Å². The summed E-state index contributed by atoms with van der Waals surface area (Å²) in [5, 5.41) is 0. The lowest BCUT2D eigenvalue weighted by Gasteiger charge is -2.10. The molecule has 0 saturated heterocycles. The van der Waals surface area contributed by atoms with Crippen molar-refractivity contribution in [1.82, 2.24) is 0 Å². The average Bonchev–Trinajstić information content (AvgIpc) is 2.70. The Morgan fingerprint density at radius 2 is 1.61 bits per heavy atom. The maximum absolute atomic E-state index is 2.28. The van der Waals surface area contributed by atoms with E-state index in [1.54, 1.807) is 0 Å². The lowest BCUT2D eigenvalue weighted by atomic mass is 9.93. The molecular weight excluding hydrogens is 216 g/mol. The monoisotopic (exact) mass is 230 g/mol. The molecule has 0 saturated carbocycles. The van der Waals surface area contributed by atoms with Crippen molar-refractivity contribution in [3.05, 3.63) is 77.4 Å². The molecule has 0 unspecified atom stereocenters. The molecule has 0 aliphatic heterocycles. The van der Waals surface area contributed by atoms with Gasteiger partial charge in [0.05, 0.1) is 0 Å². The maximum atomic E-state index is 2.28. The van der Waals surface area contributed by atoms with Crippen LogP contribution in [0.3, 0.4) is 0 Å². The number of hydrogen-bond acceptors (Lipinski definition) is 0.